The van der Waals surface area contributed by atoms with Crippen molar-refractivity contribution in [2.45, 2.75) is 33.3 Å². The van der Waals surface area contributed by atoms with Gasteiger partial charge in [-0.1, -0.05) is 61.0 Å². The Bertz CT molecular complexity index is 1250. The number of nitrogens with one attached hydrogen (secondary N) is 1. The minimum atomic E-state index is -0.765. The summed E-state index contributed by atoms with van der Waals surface area (Å²) in [5.74, 6) is 0.0510. The number of rotatable bonds is 7. The van der Waals surface area contributed by atoms with E-state index in [9.17, 15) is 9.59 Å². The number of hydrogen-bond acceptors (Lipinski definition) is 4. The molecular formula is C27H25NO4. The number of fused-ring (bicyclic) bond motifs is 1. The lowest BCUT2D eigenvalue weighted by Gasteiger charge is -2.15. The smallest absolute Gasteiger partial charge is 0.265 e. The summed E-state index contributed by atoms with van der Waals surface area (Å²) in [5.41, 5.74) is 3.62. The van der Waals surface area contributed by atoms with E-state index in [2.05, 4.69) is 12.2 Å². The Hall–Kier alpha value is -3.86. The van der Waals surface area contributed by atoms with Gasteiger partial charge in [0.05, 0.1) is 5.69 Å². The second-order valence-electron chi connectivity index (χ2n) is 7.74. The van der Waals surface area contributed by atoms with Gasteiger partial charge in [0, 0.05) is 10.9 Å². The molecule has 32 heavy (non-hydrogen) atoms. The number of anilines is 1. The zero-order valence-corrected chi connectivity index (χ0v) is 18.3. The second kappa shape index (κ2) is 9.10. The Morgan fingerprint density at radius 3 is 2.34 bits per heavy atom. The van der Waals surface area contributed by atoms with Crippen molar-refractivity contribution in [3.05, 3.63) is 95.2 Å². The fraction of sp³-hybridized carbons (Fsp3) is 0.185. The number of ketones is 1. The molecule has 1 amide bonds. The number of para-hydroxylation sites is 1. The van der Waals surface area contributed by atoms with E-state index in [0.29, 0.717) is 28.0 Å². The quantitative estimate of drug-likeness (QED) is 0.371. The molecule has 1 atom stereocenters. The molecule has 1 aromatic heterocycles. The number of benzene rings is 3. The molecule has 5 nitrogen and oxygen atoms in total. The van der Waals surface area contributed by atoms with Crippen molar-refractivity contribution in [3.63, 3.8) is 0 Å². The molecule has 1 N–H and O–H groups in total. The van der Waals surface area contributed by atoms with Crippen LogP contribution in [0.4, 0.5) is 5.69 Å². The van der Waals surface area contributed by atoms with Gasteiger partial charge in [0.15, 0.2) is 11.9 Å². The summed E-state index contributed by atoms with van der Waals surface area (Å²) in [6, 6.07) is 22.1. The van der Waals surface area contributed by atoms with Crippen molar-refractivity contribution < 1.29 is 18.7 Å². The predicted molar refractivity (Wildman–Crippen MR) is 125 cm³/mol. The van der Waals surface area contributed by atoms with Gasteiger partial charge in [-0.2, -0.15) is 0 Å². The third-order valence-corrected chi connectivity index (χ3v) is 5.38. The van der Waals surface area contributed by atoms with Crippen LogP contribution in [-0.4, -0.2) is 17.8 Å². The molecular weight excluding hydrogens is 402 g/mol. The van der Waals surface area contributed by atoms with Gasteiger partial charge in [-0.05, 0) is 50.1 Å². The third-order valence-electron chi connectivity index (χ3n) is 5.38. The molecule has 5 heteroatoms. The van der Waals surface area contributed by atoms with Crippen molar-refractivity contribution in [1.82, 2.24) is 0 Å². The monoisotopic (exact) mass is 427 g/mol. The minimum Gasteiger partial charge on any atom is -0.481 e. The van der Waals surface area contributed by atoms with Gasteiger partial charge < -0.3 is 14.5 Å². The molecule has 4 rings (SSSR count). The Morgan fingerprint density at radius 2 is 1.66 bits per heavy atom. The lowest BCUT2D eigenvalue weighted by molar-refractivity contribution is -0.122. The summed E-state index contributed by atoms with van der Waals surface area (Å²) in [6.45, 7) is 5.71. The normalized spacial score (nSPS) is 11.8. The fourth-order valence-corrected chi connectivity index (χ4v) is 3.45. The molecule has 0 aliphatic heterocycles. The first-order valence-electron chi connectivity index (χ1n) is 10.7. The first-order valence-corrected chi connectivity index (χ1v) is 10.7. The summed E-state index contributed by atoms with van der Waals surface area (Å²) in [5, 5.41) is 3.52. The zero-order valence-electron chi connectivity index (χ0n) is 18.3. The largest absolute Gasteiger partial charge is 0.481 e. The van der Waals surface area contributed by atoms with Gasteiger partial charge in [0.2, 0.25) is 5.78 Å². The highest BCUT2D eigenvalue weighted by molar-refractivity contribution is 6.17. The lowest BCUT2D eigenvalue weighted by Crippen LogP contribution is -2.30. The van der Waals surface area contributed by atoms with Crippen LogP contribution in [0, 0.1) is 6.92 Å². The molecule has 0 aliphatic rings. The summed E-state index contributed by atoms with van der Waals surface area (Å²) in [4.78, 5) is 26.1. The number of ether oxygens (including phenoxy) is 1. The summed E-state index contributed by atoms with van der Waals surface area (Å²) in [7, 11) is 0. The van der Waals surface area contributed by atoms with Crippen molar-refractivity contribution in [1.29, 1.82) is 0 Å². The number of furan rings is 1. The van der Waals surface area contributed by atoms with Gasteiger partial charge in [0.25, 0.3) is 5.91 Å². The SMILES string of the molecule is CCc1ccc(OC(C)C(=O)Nc2c(C(=O)c3ccc(C)cc3)oc3ccccc23)cc1. The van der Waals surface area contributed by atoms with Crippen molar-refractivity contribution in [3.8, 4) is 5.75 Å². The van der Waals surface area contributed by atoms with E-state index in [1.165, 1.54) is 5.56 Å². The molecule has 4 aromatic rings. The van der Waals surface area contributed by atoms with E-state index >= 15 is 0 Å². The highest BCUT2D eigenvalue weighted by atomic mass is 16.5. The fourth-order valence-electron chi connectivity index (χ4n) is 3.45. The van der Waals surface area contributed by atoms with Crippen LogP contribution in [0.5, 0.6) is 5.75 Å². The van der Waals surface area contributed by atoms with Crippen molar-refractivity contribution in [2.24, 2.45) is 0 Å². The van der Waals surface area contributed by atoms with E-state index in [1.807, 2.05) is 61.5 Å². The van der Waals surface area contributed by atoms with Crippen LogP contribution in [-0.2, 0) is 11.2 Å². The maximum absolute atomic E-state index is 13.2. The number of carbonyl (C=O) groups excluding carboxylic acids is 2. The number of amides is 1. The number of aryl methyl sites for hydroxylation is 2. The summed E-state index contributed by atoms with van der Waals surface area (Å²) >= 11 is 0. The van der Waals surface area contributed by atoms with Crippen LogP contribution in [0.25, 0.3) is 11.0 Å². The zero-order chi connectivity index (χ0) is 22.7. The van der Waals surface area contributed by atoms with Gasteiger partial charge in [-0.15, -0.1) is 0 Å². The maximum atomic E-state index is 13.2. The first-order chi connectivity index (χ1) is 15.5. The van der Waals surface area contributed by atoms with Crippen LogP contribution in [0.1, 0.15) is 41.1 Å². The van der Waals surface area contributed by atoms with Crippen LogP contribution in [0.2, 0.25) is 0 Å². The predicted octanol–water partition coefficient (Wildman–Crippen LogP) is 5.94. The molecule has 162 valence electrons. The standard InChI is InChI=1S/C27H25NO4/c1-4-19-11-15-21(16-12-19)31-18(3)27(30)28-24-22-7-5-6-8-23(22)32-26(24)25(29)20-13-9-17(2)10-14-20/h5-16,18H,4H2,1-3H3,(H,28,30). The second-order valence-corrected chi connectivity index (χ2v) is 7.74. The molecule has 0 saturated heterocycles. The van der Waals surface area contributed by atoms with Gasteiger partial charge in [-0.3, -0.25) is 9.59 Å². The average molecular weight is 428 g/mol. The number of hydrogen-bond donors (Lipinski definition) is 1. The Kier molecular flexibility index (Phi) is 6.08. The van der Waals surface area contributed by atoms with Crippen LogP contribution < -0.4 is 10.1 Å². The lowest BCUT2D eigenvalue weighted by atomic mass is 10.1. The average Bonchev–Trinajstić information content (AvgIpc) is 3.18. The molecule has 1 heterocycles. The molecule has 1 unspecified atom stereocenters. The third kappa shape index (κ3) is 4.42. The number of carbonyl (C=O) groups is 2. The van der Waals surface area contributed by atoms with Gasteiger partial charge >= 0.3 is 0 Å². The van der Waals surface area contributed by atoms with Crippen molar-refractivity contribution in [2.75, 3.05) is 5.32 Å². The molecule has 0 saturated carbocycles. The topological polar surface area (TPSA) is 68.5 Å². The van der Waals surface area contributed by atoms with E-state index in [1.54, 1.807) is 25.1 Å². The summed E-state index contributed by atoms with van der Waals surface area (Å²) < 4.78 is 11.7. The van der Waals surface area contributed by atoms with E-state index in [0.717, 1.165) is 12.0 Å². The Morgan fingerprint density at radius 1 is 0.969 bits per heavy atom. The summed E-state index contributed by atoms with van der Waals surface area (Å²) in [6.07, 6.45) is 0.167. The molecule has 0 radical (unpaired) electrons. The van der Waals surface area contributed by atoms with E-state index in [-0.39, 0.29) is 17.5 Å². The molecule has 3 aromatic carbocycles. The van der Waals surface area contributed by atoms with Crippen molar-refractivity contribution >= 4 is 28.3 Å². The highest BCUT2D eigenvalue weighted by Gasteiger charge is 2.25. The molecule has 0 bridgehead atoms. The van der Waals surface area contributed by atoms with Gasteiger partial charge in [-0.25, -0.2) is 0 Å². The molecule has 0 fully saturated rings. The maximum Gasteiger partial charge on any atom is 0.265 e. The van der Waals surface area contributed by atoms with Gasteiger partial charge in [0.1, 0.15) is 11.3 Å². The molecule has 0 spiro atoms. The minimum absolute atomic E-state index is 0.0999. The Labute approximate surface area is 187 Å². The van der Waals surface area contributed by atoms with Crippen LogP contribution in [0.15, 0.2) is 77.2 Å². The highest BCUT2D eigenvalue weighted by Crippen LogP contribution is 2.33. The van der Waals surface area contributed by atoms with E-state index < -0.39 is 6.10 Å². The first kappa shape index (κ1) is 21.4. The van der Waals surface area contributed by atoms with Crippen LogP contribution in [0.3, 0.4) is 0 Å². The molecule has 0 aliphatic carbocycles. The Balaban J connectivity index is 1.61. The van der Waals surface area contributed by atoms with E-state index in [4.69, 9.17) is 9.15 Å². The van der Waals surface area contributed by atoms with Crippen LogP contribution >= 0.6 is 0 Å².